The molecule has 2 rings (SSSR count). The molecule has 0 heterocycles. The van der Waals surface area contributed by atoms with Crippen molar-refractivity contribution in [3.05, 3.63) is 52.5 Å². The van der Waals surface area contributed by atoms with Crippen LogP contribution in [0.3, 0.4) is 0 Å². The molecule has 0 atom stereocenters. The third kappa shape index (κ3) is 5.09. The highest BCUT2D eigenvalue weighted by molar-refractivity contribution is 9.10. The maximum Gasteiger partial charge on any atom is 0.233 e. The molecule has 0 fully saturated rings. The number of amides is 2. The van der Waals surface area contributed by atoms with Crippen LogP contribution in [0, 0.1) is 6.92 Å². The predicted molar refractivity (Wildman–Crippen MR) is 98.4 cm³/mol. The summed E-state index contributed by atoms with van der Waals surface area (Å²) in [5.74, 6) is -0.186. The minimum absolute atomic E-state index is 0.268. The van der Waals surface area contributed by atoms with Crippen molar-refractivity contribution >= 4 is 39.1 Å². The normalized spacial score (nSPS) is 10.1. The minimum atomic E-state index is -0.395. The minimum Gasteiger partial charge on any atom is -0.492 e. The molecule has 0 aliphatic carbocycles. The van der Waals surface area contributed by atoms with E-state index in [-0.39, 0.29) is 12.3 Å². The molecule has 2 aromatic rings. The molecule has 0 aromatic heterocycles. The van der Waals surface area contributed by atoms with Gasteiger partial charge < -0.3 is 15.4 Å². The van der Waals surface area contributed by atoms with Crippen molar-refractivity contribution in [2.24, 2.45) is 0 Å². The number of aryl methyl sites for hydroxylation is 1. The fraction of sp³-hybridized carbons (Fsp3) is 0.222. The van der Waals surface area contributed by atoms with E-state index in [1.54, 1.807) is 24.3 Å². The molecule has 24 heavy (non-hydrogen) atoms. The van der Waals surface area contributed by atoms with Crippen LogP contribution in [0.25, 0.3) is 0 Å². The van der Waals surface area contributed by atoms with E-state index in [9.17, 15) is 9.59 Å². The average Bonchev–Trinajstić information content (AvgIpc) is 2.53. The highest BCUT2D eigenvalue weighted by Gasteiger charge is 2.12. The van der Waals surface area contributed by atoms with Gasteiger partial charge in [-0.3, -0.25) is 9.59 Å². The molecule has 0 saturated heterocycles. The first kappa shape index (κ1) is 18.0. The number of hydrogen-bond donors (Lipinski definition) is 2. The Morgan fingerprint density at radius 2 is 1.79 bits per heavy atom. The van der Waals surface area contributed by atoms with Crippen LogP contribution < -0.4 is 15.4 Å². The van der Waals surface area contributed by atoms with Gasteiger partial charge in [0.05, 0.1) is 12.3 Å². The number of para-hydroxylation sites is 2. The number of hydrogen-bond acceptors (Lipinski definition) is 3. The molecule has 0 unspecified atom stereocenters. The molecule has 0 saturated carbocycles. The summed E-state index contributed by atoms with van der Waals surface area (Å²) in [4.78, 5) is 24.1. The number of carbonyl (C=O) groups is 2. The highest BCUT2D eigenvalue weighted by Crippen LogP contribution is 2.24. The van der Waals surface area contributed by atoms with Crippen molar-refractivity contribution < 1.29 is 14.3 Å². The van der Waals surface area contributed by atoms with E-state index in [1.807, 2.05) is 32.0 Å². The van der Waals surface area contributed by atoms with E-state index in [0.29, 0.717) is 23.7 Å². The van der Waals surface area contributed by atoms with Crippen molar-refractivity contribution in [2.75, 3.05) is 17.2 Å². The smallest absolute Gasteiger partial charge is 0.233 e. The lowest BCUT2D eigenvalue weighted by Crippen LogP contribution is -2.21. The van der Waals surface area contributed by atoms with Gasteiger partial charge in [0, 0.05) is 10.2 Å². The van der Waals surface area contributed by atoms with Gasteiger partial charge in [0.1, 0.15) is 12.2 Å². The van der Waals surface area contributed by atoms with Gasteiger partial charge in [-0.15, -0.1) is 0 Å². The number of nitrogens with one attached hydrogen (secondary N) is 2. The molecular weight excluding hydrogens is 372 g/mol. The van der Waals surface area contributed by atoms with Crippen LogP contribution in [0.1, 0.15) is 18.9 Å². The van der Waals surface area contributed by atoms with E-state index < -0.39 is 5.91 Å². The Morgan fingerprint density at radius 1 is 1.08 bits per heavy atom. The Balaban J connectivity index is 1.94. The maximum atomic E-state index is 12.1. The molecule has 0 radical (unpaired) electrons. The Labute approximate surface area is 149 Å². The van der Waals surface area contributed by atoms with Gasteiger partial charge in [-0.2, -0.15) is 0 Å². The number of ether oxygens (including phenoxy) is 1. The molecule has 0 aliphatic rings. The summed E-state index contributed by atoms with van der Waals surface area (Å²) in [5.41, 5.74) is 2.21. The zero-order valence-corrected chi connectivity index (χ0v) is 15.1. The highest BCUT2D eigenvalue weighted by atomic mass is 79.9. The third-order valence-electron chi connectivity index (χ3n) is 3.22. The van der Waals surface area contributed by atoms with Crippen LogP contribution in [0.5, 0.6) is 5.75 Å². The van der Waals surface area contributed by atoms with Crippen molar-refractivity contribution in [1.82, 2.24) is 0 Å². The zero-order valence-electron chi connectivity index (χ0n) is 13.6. The first-order valence-electron chi connectivity index (χ1n) is 7.57. The lowest BCUT2D eigenvalue weighted by Gasteiger charge is -2.11. The average molecular weight is 391 g/mol. The first-order valence-corrected chi connectivity index (χ1v) is 8.36. The Hall–Kier alpha value is -2.34. The summed E-state index contributed by atoms with van der Waals surface area (Å²) < 4.78 is 6.41. The first-order chi connectivity index (χ1) is 11.5. The lowest BCUT2D eigenvalue weighted by molar-refractivity contribution is -0.123. The van der Waals surface area contributed by atoms with Gasteiger partial charge in [0.15, 0.2) is 0 Å². The quantitative estimate of drug-likeness (QED) is 0.728. The second-order valence-corrected chi connectivity index (χ2v) is 6.02. The molecular formula is C18H19BrN2O3. The standard InChI is InChI=1S/C18H19BrN2O3/c1-3-24-16-7-5-4-6-15(16)21-18(23)11-17(22)20-13-8-9-14(19)12(2)10-13/h4-10H,3,11H2,1-2H3,(H,20,22)(H,21,23). The van der Waals surface area contributed by atoms with E-state index in [2.05, 4.69) is 26.6 Å². The van der Waals surface area contributed by atoms with Gasteiger partial charge in [0.25, 0.3) is 0 Å². The fourth-order valence-electron chi connectivity index (χ4n) is 2.12. The number of benzene rings is 2. The van der Waals surface area contributed by atoms with E-state index in [4.69, 9.17) is 4.74 Å². The Kier molecular flexibility index (Phi) is 6.37. The predicted octanol–water partition coefficient (Wildman–Crippen LogP) is 4.12. The van der Waals surface area contributed by atoms with E-state index in [1.165, 1.54) is 0 Å². The van der Waals surface area contributed by atoms with Crippen LogP contribution >= 0.6 is 15.9 Å². The van der Waals surface area contributed by atoms with Gasteiger partial charge in [0.2, 0.25) is 11.8 Å². The second-order valence-electron chi connectivity index (χ2n) is 5.17. The molecule has 126 valence electrons. The van der Waals surface area contributed by atoms with Crippen molar-refractivity contribution in [2.45, 2.75) is 20.3 Å². The second kappa shape index (κ2) is 8.49. The summed E-state index contributed by atoms with van der Waals surface area (Å²) in [6, 6.07) is 12.6. The largest absolute Gasteiger partial charge is 0.492 e. The monoisotopic (exact) mass is 390 g/mol. The van der Waals surface area contributed by atoms with Crippen LogP contribution in [-0.4, -0.2) is 18.4 Å². The van der Waals surface area contributed by atoms with E-state index in [0.717, 1.165) is 10.0 Å². The SMILES string of the molecule is CCOc1ccccc1NC(=O)CC(=O)Nc1ccc(Br)c(C)c1. The summed E-state index contributed by atoms with van der Waals surface area (Å²) in [6.45, 7) is 4.29. The van der Waals surface area contributed by atoms with Crippen LogP contribution in [-0.2, 0) is 9.59 Å². The van der Waals surface area contributed by atoms with Crippen molar-refractivity contribution in [1.29, 1.82) is 0 Å². The van der Waals surface area contributed by atoms with Crippen LogP contribution in [0.15, 0.2) is 46.9 Å². The van der Waals surface area contributed by atoms with Crippen molar-refractivity contribution in [3.63, 3.8) is 0 Å². The number of anilines is 2. The number of carbonyl (C=O) groups excluding carboxylic acids is 2. The summed E-state index contributed by atoms with van der Waals surface area (Å²) in [7, 11) is 0. The summed E-state index contributed by atoms with van der Waals surface area (Å²) >= 11 is 3.40. The Bertz CT molecular complexity index is 747. The summed E-state index contributed by atoms with van der Waals surface area (Å²) in [5, 5.41) is 5.41. The van der Waals surface area contributed by atoms with Gasteiger partial charge in [-0.25, -0.2) is 0 Å². The third-order valence-corrected chi connectivity index (χ3v) is 4.11. The molecule has 2 aromatic carbocycles. The van der Waals surface area contributed by atoms with Crippen molar-refractivity contribution in [3.8, 4) is 5.75 Å². The zero-order chi connectivity index (χ0) is 17.5. The molecule has 6 heteroatoms. The Morgan fingerprint density at radius 3 is 2.50 bits per heavy atom. The van der Waals surface area contributed by atoms with Crippen LogP contribution in [0.4, 0.5) is 11.4 Å². The molecule has 0 spiro atoms. The topological polar surface area (TPSA) is 67.4 Å². The molecule has 0 bridgehead atoms. The molecule has 2 N–H and O–H groups in total. The number of halogens is 1. The summed E-state index contributed by atoms with van der Waals surface area (Å²) in [6.07, 6.45) is -0.268. The maximum absolute atomic E-state index is 12.1. The lowest BCUT2D eigenvalue weighted by atomic mass is 10.2. The van der Waals surface area contributed by atoms with Crippen LogP contribution in [0.2, 0.25) is 0 Å². The molecule has 0 aliphatic heterocycles. The van der Waals surface area contributed by atoms with E-state index >= 15 is 0 Å². The van der Waals surface area contributed by atoms with Gasteiger partial charge in [-0.1, -0.05) is 28.1 Å². The number of rotatable bonds is 6. The fourth-order valence-corrected chi connectivity index (χ4v) is 2.37. The molecule has 5 nitrogen and oxygen atoms in total. The molecule has 2 amide bonds. The van der Waals surface area contributed by atoms with Gasteiger partial charge in [-0.05, 0) is 49.7 Å². The van der Waals surface area contributed by atoms with Gasteiger partial charge >= 0.3 is 0 Å².